The number of nitrogens with one attached hydrogen (secondary N) is 1. The summed E-state index contributed by atoms with van der Waals surface area (Å²) < 4.78 is 13.5. The first kappa shape index (κ1) is 13.2. The van der Waals surface area contributed by atoms with Gasteiger partial charge in [-0.05, 0) is 31.0 Å². The summed E-state index contributed by atoms with van der Waals surface area (Å²) >= 11 is 0. The van der Waals surface area contributed by atoms with Gasteiger partial charge < -0.3 is 5.32 Å². The third-order valence-electron chi connectivity index (χ3n) is 3.39. The SMILES string of the molecule is CCC(CC)C(Cc1ccccc1F)NC. The van der Waals surface area contributed by atoms with Crippen LogP contribution in [0.1, 0.15) is 32.3 Å². The summed E-state index contributed by atoms with van der Waals surface area (Å²) in [6.45, 7) is 4.39. The van der Waals surface area contributed by atoms with Gasteiger partial charge in [-0.2, -0.15) is 0 Å². The van der Waals surface area contributed by atoms with E-state index >= 15 is 0 Å². The van der Waals surface area contributed by atoms with E-state index in [2.05, 4.69) is 19.2 Å². The van der Waals surface area contributed by atoms with Gasteiger partial charge in [0.25, 0.3) is 0 Å². The zero-order chi connectivity index (χ0) is 12.0. The maximum atomic E-state index is 13.5. The maximum absolute atomic E-state index is 13.5. The highest BCUT2D eigenvalue weighted by atomic mass is 19.1. The summed E-state index contributed by atoms with van der Waals surface area (Å²) in [6.07, 6.45) is 3.04. The Hall–Kier alpha value is -0.890. The molecule has 16 heavy (non-hydrogen) atoms. The maximum Gasteiger partial charge on any atom is 0.126 e. The molecule has 0 aliphatic heterocycles. The molecule has 1 aromatic carbocycles. The van der Waals surface area contributed by atoms with Crippen molar-refractivity contribution in [3.63, 3.8) is 0 Å². The van der Waals surface area contributed by atoms with E-state index in [9.17, 15) is 4.39 Å². The van der Waals surface area contributed by atoms with Gasteiger partial charge >= 0.3 is 0 Å². The van der Waals surface area contributed by atoms with Crippen LogP contribution in [0.2, 0.25) is 0 Å². The fraction of sp³-hybridized carbons (Fsp3) is 0.571. The monoisotopic (exact) mass is 223 g/mol. The van der Waals surface area contributed by atoms with Crippen molar-refractivity contribution in [2.45, 2.75) is 39.2 Å². The lowest BCUT2D eigenvalue weighted by Crippen LogP contribution is -2.35. The average molecular weight is 223 g/mol. The van der Waals surface area contributed by atoms with Crippen molar-refractivity contribution in [3.05, 3.63) is 35.6 Å². The minimum absolute atomic E-state index is 0.0892. The van der Waals surface area contributed by atoms with E-state index in [0.717, 1.165) is 24.8 Å². The van der Waals surface area contributed by atoms with Crippen LogP contribution in [-0.2, 0) is 6.42 Å². The molecule has 0 aliphatic rings. The second kappa shape index (κ2) is 6.64. The highest BCUT2D eigenvalue weighted by Gasteiger charge is 2.18. The molecule has 0 saturated heterocycles. The van der Waals surface area contributed by atoms with Crippen LogP contribution in [-0.4, -0.2) is 13.1 Å². The molecule has 1 atom stereocenters. The molecule has 0 heterocycles. The molecule has 2 heteroatoms. The van der Waals surface area contributed by atoms with E-state index in [0.29, 0.717) is 12.0 Å². The van der Waals surface area contributed by atoms with E-state index < -0.39 is 0 Å². The zero-order valence-electron chi connectivity index (χ0n) is 10.5. The smallest absolute Gasteiger partial charge is 0.126 e. The van der Waals surface area contributed by atoms with Gasteiger partial charge in [-0.15, -0.1) is 0 Å². The van der Waals surface area contributed by atoms with E-state index in [1.807, 2.05) is 19.2 Å². The van der Waals surface area contributed by atoms with Crippen LogP contribution in [0.4, 0.5) is 4.39 Å². The van der Waals surface area contributed by atoms with Gasteiger partial charge in [0.15, 0.2) is 0 Å². The largest absolute Gasteiger partial charge is 0.316 e. The predicted molar refractivity (Wildman–Crippen MR) is 67.0 cm³/mol. The molecule has 0 radical (unpaired) electrons. The van der Waals surface area contributed by atoms with Crippen molar-refractivity contribution in [3.8, 4) is 0 Å². The molecule has 0 fully saturated rings. The summed E-state index contributed by atoms with van der Waals surface area (Å²) in [4.78, 5) is 0. The third-order valence-corrected chi connectivity index (χ3v) is 3.39. The van der Waals surface area contributed by atoms with E-state index in [4.69, 9.17) is 0 Å². The predicted octanol–water partition coefficient (Wildman–Crippen LogP) is 3.39. The van der Waals surface area contributed by atoms with Crippen molar-refractivity contribution in [2.75, 3.05) is 7.05 Å². The van der Waals surface area contributed by atoms with Crippen LogP contribution in [0.5, 0.6) is 0 Å². The molecule has 0 spiro atoms. The fourth-order valence-electron chi connectivity index (χ4n) is 2.26. The van der Waals surface area contributed by atoms with Gasteiger partial charge in [-0.3, -0.25) is 0 Å². The topological polar surface area (TPSA) is 12.0 Å². The minimum Gasteiger partial charge on any atom is -0.316 e. The number of halogens is 1. The Labute approximate surface area is 98.1 Å². The Bertz CT molecular complexity index is 307. The molecule has 1 N–H and O–H groups in total. The summed E-state index contributed by atoms with van der Waals surface area (Å²) in [6, 6.07) is 7.42. The van der Waals surface area contributed by atoms with Gasteiger partial charge in [0, 0.05) is 6.04 Å². The zero-order valence-corrected chi connectivity index (χ0v) is 10.5. The molecule has 1 unspecified atom stereocenters. The molecule has 1 rings (SSSR count). The van der Waals surface area contributed by atoms with Crippen molar-refractivity contribution >= 4 is 0 Å². The number of hydrogen-bond donors (Lipinski definition) is 1. The molecular formula is C14H22FN. The summed E-state index contributed by atoms with van der Waals surface area (Å²) in [5.74, 6) is 0.526. The van der Waals surface area contributed by atoms with Crippen LogP contribution in [0.3, 0.4) is 0 Å². The lowest BCUT2D eigenvalue weighted by molar-refractivity contribution is 0.346. The van der Waals surface area contributed by atoms with E-state index in [1.54, 1.807) is 6.07 Å². The van der Waals surface area contributed by atoms with Gasteiger partial charge in [0.2, 0.25) is 0 Å². The van der Waals surface area contributed by atoms with Crippen molar-refractivity contribution in [1.82, 2.24) is 5.32 Å². The van der Waals surface area contributed by atoms with Gasteiger partial charge in [0.1, 0.15) is 5.82 Å². The number of likely N-dealkylation sites (N-methyl/N-ethyl adjacent to an activating group) is 1. The Balaban J connectivity index is 2.73. The van der Waals surface area contributed by atoms with E-state index in [1.165, 1.54) is 6.07 Å². The normalized spacial score (nSPS) is 13.1. The number of benzene rings is 1. The van der Waals surface area contributed by atoms with Crippen molar-refractivity contribution in [2.24, 2.45) is 5.92 Å². The molecule has 0 aliphatic carbocycles. The lowest BCUT2D eigenvalue weighted by Gasteiger charge is -2.25. The Morgan fingerprint density at radius 2 is 1.81 bits per heavy atom. The second-order valence-electron chi connectivity index (χ2n) is 4.27. The van der Waals surface area contributed by atoms with Gasteiger partial charge in [-0.1, -0.05) is 44.9 Å². The first-order valence-corrected chi connectivity index (χ1v) is 6.13. The Morgan fingerprint density at radius 3 is 2.31 bits per heavy atom. The highest BCUT2D eigenvalue weighted by molar-refractivity contribution is 5.18. The molecule has 0 saturated carbocycles. The standard InChI is InChI=1S/C14H22FN/c1-4-11(5-2)14(16-3)10-12-8-6-7-9-13(12)15/h6-9,11,14,16H,4-5,10H2,1-3H3. The quantitative estimate of drug-likeness (QED) is 0.779. The van der Waals surface area contributed by atoms with Crippen LogP contribution < -0.4 is 5.32 Å². The molecule has 1 aromatic rings. The fourth-order valence-corrected chi connectivity index (χ4v) is 2.26. The summed E-state index contributed by atoms with van der Waals surface area (Å²) in [7, 11) is 1.96. The van der Waals surface area contributed by atoms with Gasteiger partial charge in [0.05, 0.1) is 0 Å². The van der Waals surface area contributed by atoms with Crippen LogP contribution >= 0.6 is 0 Å². The average Bonchev–Trinajstić information content (AvgIpc) is 2.31. The molecule has 0 aromatic heterocycles. The lowest BCUT2D eigenvalue weighted by atomic mass is 9.89. The number of rotatable bonds is 6. The minimum atomic E-state index is -0.0892. The van der Waals surface area contributed by atoms with Crippen molar-refractivity contribution in [1.29, 1.82) is 0 Å². The first-order valence-electron chi connectivity index (χ1n) is 6.13. The molecule has 1 nitrogen and oxygen atoms in total. The third kappa shape index (κ3) is 3.31. The van der Waals surface area contributed by atoms with Crippen LogP contribution in [0.25, 0.3) is 0 Å². The molecule has 0 amide bonds. The van der Waals surface area contributed by atoms with Crippen LogP contribution in [0, 0.1) is 11.7 Å². The summed E-state index contributed by atoms with van der Waals surface area (Å²) in [5, 5.41) is 3.31. The molecular weight excluding hydrogens is 201 g/mol. The Kier molecular flexibility index (Phi) is 5.47. The first-order chi connectivity index (χ1) is 7.72. The number of hydrogen-bond acceptors (Lipinski definition) is 1. The van der Waals surface area contributed by atoms with Crippen LogP contribution in [0.15, 0.2) is 24.3 Å². The summed E-state index contributed by atoms with van der Waals surface area (Å²) in [5.41, 5.74) is 0.814. The van der Waals surface area contributed by atoms with Gasteiger partial charge in [-0.25, -0.2) is 4.39 Å². The van der Waals surface area contributed by atoms with E-state index in [-0.39, 0.29) is 5.82 Å². The van der Waals surface area contributed by atoms with Crippen molar-refractivity contribution < 1.29 is 4.39 Å². The molecule has 0 bridgehead atoms. The Morgan fingerprint density at radius 1 is 1.19 bits per heavy atom. The highest BCUT2D eigenvalue weighted by Crippen LogP contribution is 2.18. The molecule has 90 valence electrons. The second-order valence-corrected chi connectivity index (χ2v) is 4.27.